The monoisotopic (exact) mass is 398 g/mol. The van der Waals surface area contributed by atoms with Gasteiger partial charge in [0.2, 0.25) is 0 Å². The summed E-state index contributed by atoms with van der Waals surface area (Å²) in [5, 5.41) is 8.59. The molecule has 0 aliphatic heterocycles. The molecule has 2 heterocycles. The van der Waals surface area contributed by atoms with E-state index in [1.807, 2.05) is 13.0 Å². The van der Waals surface area contributed by atoms with Crippen LogP contribution >= 0.6 is 23.4 Å². The first kappa shape index (κ1) is 18.7. The van der Waals surface area contributed by atoms with Crippen molar-refractivity contribution in [3.05, 3.63) is 59.4 Å². The first-order chi connectivity index (χ1) is 12.3. The van der Waals surface area contributed by atoms with Crippen molar-refractivity contribution in [2.75, 3.05) is 0 Å². The number of alkyl halides is 3. The third-order valence-electron chi connectivity index (χ3n) is 3.59. The van der Waals surface area contributed by atoms with E-state index in [0.29, 0.717) is 10.6 Å². The lowest BCUT2D eigenvalue weighted by atomic mass is 10.2. The maximum atomic E-state index is 13.1. The van der Waals surface area contributed by atoms with Crippen molar-refractivity contribution in [1.29, 1.82) is 0 Å². The Morgan fingerprint density at radius 3 is 2.54 bits per heavy atom. The zero-order valence-corrected chi connectivity index (χ0v) is 15.2. The first-order valence-corrected chi connectivity index (χ1v) is 8.92. The Bertz CT molecular complexity index is 883. The molecule has 0 aliphatic carbocycles. The third-order valence-corrected chi connectivity index (χ3v) is 4.97. The number of benzene rings is 1. The standard InChI is InChI=1S/C17H14ClF3N4S/c1-11(13-3-2-4-14(18)9-13)26-16-24-23-15(12-5-7-22-8-6-12)25(16)10-17(19,20)21/h2-9,11H,10H2,1H3/t11-/m1/s1. The summed E-state index contributed by atoms with van der Waals surface area (Å²) >= 11 is 7.20. The van der Waals surface area contributed by atoms with Crippen molar-refractivity contribution in [2.24, 2.45) is 0 Å². The van der Waals surface area contributed by atoms with Crippen LogP contribution in [0.4, 0.5) is 13.2 Å². The highest BCUT2D eigenvalue weighted by Crippen LogP contribution is 2.37. The summed E-state index contributed by atoms with van der Waals surface area (Å²) in [6.45, 7) is 0.720. The average molecular weight is 399 g/mol. The molecule has 3 aromatic rings. The topological polar surface area (TPSA) is 43.6 Å². The quantitative estimate of drug-likeness (QED) is 0.539. The molecule has 0 fully saturated rings. The third kappa shape index (κ3) is 4.56. The van der Waals surface area contributed by atoms with Crippen molar-refractivity contribution in [1.82, 2.24) is 19.7 Å². The van der Waals surface area contributed by atoms with E-state index < -0.39 is 12.7 Å². The summed E-state index contributed by atoms with van der Waals surface area (Å²) in [5.41, 5.74) is 1.42. The summed E-state index contributed by atoms with van der Waals surface area (Å²) in [7, 11) is 0. The van der Waals surface area contributed by atoms with Gasteiger partial charge in [-0.25, -0.2) is 0 Å². The molecule has 136 valence electrons. The fraction of sp³-hybridized carbons (Fsp3) is 0.235. The van der Waals surface area contributed by atoms with Gasteiger partial charge in [-0.05, 0) is 36.8 Å². The number of rotatable bonds is 5. The van der Waals surface area contributed by atoms with E-state index in [2.05, 4.69) is 15.2 Å². The van der Waals surface area contributed by atoms with Crippen molar-refractivity contribution in [3.63, 3.8) is 0 Å². The molecule has 0 unspecified atom stereocenters. The zero-order valence-electron chi connectivity index (χ0n) is 13.6. The predicted molar refractivity (Wildman–Crippen MR) is 95.0 cm³/mol. The summed E-state index contributed by atoms with van der Waals surface area (Å²) in [6.07, 6.45) is -1.38. The molecule has 0 amide bonds. The van der Waals surface area contributed by atoms with Gasteiger partial charge in [0, 0.05) is 28.2 Å². The van der Waals surface area contributed by atoms with Crippen molar-refractivity contribution >= 4 is 23.4 Å². The van der Waals surface area contributed by atoms with Crippen molar-refractivity contribution in [2.45, 2.75) is 30.1 Å². The lowest BCUT2D eigenvalue weighted by Gasteiger charge is -2.15. The van der Waals surface area contributed by atoms with E-state index in [0.717, 1.165) is 10.1 Å². The molecule has 2 aromatic heterocycles. The van der Waals surface area contributed by atoms with Gasteiger partial charge >= 0.3 is 6.18 Å². The minimum Gasteiger partial charge on any atom is -0.293 e. The molecule has 0 radical (unpaired) electrons. The van der Waals surface area contributed by atoms with Gasteiger partial charge in [-0.3, -0.25) is 9.55 Å². The van der Waals surface area contributed by atoms with Crippen LogP contribution in [0.3, 0.4) is 0 Å². The Hall–Kier alpha value is -2.06. The molecule has 1 aromatic carbocycles. The van der Waals surface area contributed by atoms with Crippen LogP contribution in [-0.4, -0.2) is 25.9 Å². The average Bonchev–Trinajstić information content (AvgIpc) is 2.96. The number of pyridine rings is 1. The number of hydrogen-bond donors (Lipinski definition) is 0. The second kappa shape index (κ2) is 7.67. The number of thioether (sulfide) groups is 1. The minimum absolute atomic E-state index is 0.143. The van der Waals surface area contributed by atoms with E-state index in [9.17, 15) is 13.2 Å². The molecule has 26 heavy (non-hydrogen) atoms. The van der Waals surface area contributed by atoms with E-state index in [4.69, 9.17) is 11.6 Å². The second-order valence-corrected chi connectivity index (χ2v) is 7.30. The van der Waals surface area contributed by atoms with Gasteiger partial charge in [0.25, 0.3) is 0 Å². The van der Waals surface area contributed by atoms with Crippen LogP contribution in [0, 0.1) is 0 Å². The molecule has 4 nitrogen and oxygen atoms in total. The van der Waals surface area contributed by atoms with E-state index >= 15 is 0 Å². The molecule has 3 rings (SSSR count). The summed E-state index contributed by atoms with van der Waals surface area (Å²) < 4.78 is 40.4. The van der Waals surface area contributed by atoms with Crippen LogP contribution < -0.4 is 0 Å². The van der Waals surface area contributed by atoms with Crippen molar-refractivity contribution in [3.8, 4) is 11.4 Å². The van der Waals surface area contributed by atoms with Crippen LogP contribution in [0.25, 0.3) is 11.4 Å². The maximum Gasteiger partial charge on any atom is 0.406 e. The molecular weight excluding hydrogens is 385 g/mol. The van der Waals surface area contributed by atoms with Crippen molar-refractivity contribution < 1.29 is 13.2 Å². The van der Waals surface area contributed by atoms with E-state index in [1.165, 1.54) is 24.2 Å². The SMILES string of the molecule is C[C@@H](Sc1nnc(-c2ccncc2)n1CC(F)(F)F)c1cccc(Cl)c1. The Labute approximate surface area is 157 Å². The lowest BCUT2D eigenvalue weighted by Crippen LogP contribution is -2.19. The van der Waals surface area contributed by atoms with Crippen LogP contribution in [0.5, 0.6) is 0 Å². The molecule has 1 atom stereocenters. The van der Waals surface area contributed by atoms with Gasteiger partial charge in [-0.2, -0.15) is 13.2 Å². The number of nitrogens with zero attached hydrogens (tertiary/aromatic N) is 4. The van der Waals surface area contributed by atoms with Gasteiger partial charge in [0.1, 0.15) is 6.54 Å². The zero-order chi connectivity index (χ0) is 18.7. The predicted octanol–water partition coefficient (Wildman–Crippen LogP) is 5.41. The second-order valence-electron chi connectivity index (χ2n) is 5.56. The number of hydrogen-bond acceptors (Lipinski definition) is 4. The van der Waals surface area contributed by atoms with E-state index in [-0.39, 0.29) is 16.2 Å². The molecule has 0 N–H and O–H groups in total. The molecular formula is C17H14ClF3N4S. The molecule has 0 bridgehead atoms. The molecule has 0 saturated carbocycles. The summed E-state index contributed by atoms with van der Waals surface area (Å²) in [5.74, 6) is 0.158. The maximum absolute atomic E-state index is 13.1. The molecule has 0 aliphatic rings. The van der Waals surface area contributed by atoms with Crippen LogP contribution in [0.15, 0.2) is 53.9 Å². The highest BCUT2D eigenvalue weighted by atomic mass is 35.5. The highest BCUT2D eigenvalue weighted by Gasteiger charge is 2.32. The smallest absolute Gasteiger partial charge is 0.293 e. The first-order valence-electron chi connectivity index (χ1n) is 7.66. The fourth-order valence-corrected chi connectivity index (χ4v) is 3.56. The lowest BCUT2D eigenvalue weighted by molar-refractivity contribution is -0.141. The molecule has 0 spiro atoms. The van der Waals surface area contributed by atoms with Crippen LogP contribution in [0.1, 0.15) is 17.7 Å². The Morgan fingerprint density at radius 2 is 1.88 bits per heavy atom. The highest BCUT2D eigenvalue weighted by molar-refractivity contribution is 7.99. The summed E-state index contributed by atoms with van der Waals surface area (Å²) in [6, 6.07) is 10.4. The van der Waals surface area contributed by atoms with Gasteiger partial charge in [-0.15, -0.1) is 10.2 Å². The largest absolute Gasteiger partial charge is 0.406 e. The minimum atomic E-state index is -4.39. The Kier molecular flexibility index (Phi) is 5.52. The molecule has 9 heteroatoms. The van der Waals surface area contributed by atoms with Gasteiger partial charge in [0.05, 0.1) is 0 Å². The summed E-state index contributed by atoms with van der Waals surface area (Å²) in [4.78, 5) is 3.88. The van der Waals surface area contributed by atoms with Gasteiger partial charge in [0.15, 0.2) is 11.0 Å². The Morgan fingerprint density at radius 1 is 1.15 bits per heavy atom. The van der Waals surface area contributed by atoms with Crippen LogP contribution in [-0.2, 0) is 6.54 Å². The normalized spacial score (nSPS) is 13.0. The molecule has 0 saturated heterocycles. The van der Waals surface area contributed by atoms with Crippen LogP contribution in [0.2, 0.25) is 5.02 Å². The number of aromatic nitrogens is 4. The van der Waals surface area contributed by atoms with E-state index in [1.54, 1.807) is 30.3 Å². The van der Waals surface area contributed by atoms with Gasteiger partial charge < -0.3 is 0 Å². The number of halogens is 4. The fourth-order valence-electron chi connectivity index (χ4n) is 2.40. The van der Waals surface area contributed by atoms with Gasteiger partial charge in [-0.1, -0.05) is 35.5 Å². The Balaban J connectivity index is 1.95.